The van der Waals surface area contributed by atoms with Gasteiger partial charge in [-0.1, -0.05) is 11.6 Å². The summed E-state index contributed by atoms with van der Waals surface area (Å²) in [6, 6.07) is 5.85. The van der Waals surface area contributed by atoms with Crippen molar-refractivity contribution in [3.05, 3.63) is 44.8 Å². The summed E-state index contributed by atoms with van der Waals surface area (Å²) >= 11 is 8.79. The molecule has 0 saturated carbocycles. The second kappa shape index (κ2) is 7.64. The molecular weight excluding hydrogens is 430 g/mol. The number of fused-ring (bicyclic) bond motifs is 1. The van der Waals surface area contributed by atoms with E-state index in [1.54, 1.807) is 12.3 Å². The van der Waals surface area contributed by atoms with Crippen molar-refractivity contribution in [2.24, 2.45) is 0 Å². The van der Waals surface area contributed by atoms with Crippen LogP contribution in [0, 0.1) is 0 Å². The third-order valence-corrected chi connectivity index (χ3v) is 7.44. The summed E-state index contributed by atoms with van der Waals surface area (Å²) in [5.74, 6) is -0.00263. The van der Waals surface area contributed by atoms with Gasteiger partial charge in [-0.15, -0.1) is 22.7 Å². The number of hydrogen-bond acceptors (Lipinski definition) is 7. The average molecular weight is 448 g/mol. The average Bonchev–Trinajstić information content (AvgIpc) is 3.36. The van der Waals surface area contributed by atoms with Gasteiger partial charge in [0, 0.05) is 61.9 Å². The number of likely N-dealkylation sites (tertiary alicyclic amines) is 1. The van der Waals surface area contributed by atoms with Gasteiger partial charge in [-0.3, -0.25) is 14.5 Å². The van der Waals surface area contributed by atoms with Gasteiger partial charge in [-0.25, -0.2) is 9.97 Å². The second-order valence-corrected chi connectivity index (χ2v) is 9.52. The van der Waals surface area contributed by atoms with E-state index in [2.05, 4.69) is 14.9 Å². The molecule has 3 aromatic rings. The number of carbonyl (C=O) groups is 2. The molecule has 5 rings (SSSR count). The van der Waals surface area contributed by atoms with Crippen LogP contribution in [0.1, 0.15) is 19.6 Å². The fourth-order valence-electron chi connectivity index (χ4n) is 3.73. The highest BCUT2D eigenvalue weighted by Crippen LogP contribution is 2.27. The molecule has 150 valence electrons. The summed E-state index contributed by atoms with van der Waals surface area (Å²) in [5, 5.41) is 3.51. The van der Waals surface area contributed by atoms with E-state index in [1.807, 2.05) is 27.3 Å². The van der Waals surface area contributed by atoms with Gasteiger partial charge >= 0.3 is 0 Å². The van der Waals surface area contributed by atoms with Gasteiger partial charge in [0.2, 0.25) is 0 Å². The minimum atomic E-state index is -0.0174. The molecule has 10 heteroatoms. The molecule has 0 aliphatic carbocycles. The Balaban J connectivity index is 1.15. The van der Waals surface area contributed by atoms with Crippen molar-refractivity contribution in [2.45, 2.75) is 6.04 Å². The number of benzene rings is 1. The van der Waals surface area contributed by atoms with Crippen LogP contribution >= 0.6 is 34.3 Å². The van der Waals surface area contributed by atoms with Crippen LogP contribution in [0.4, 0.5) is 0 Å². The number of amides is 2. The Labute approximate surface area is 180 Å². The van der Waals surface area contributed by atoms with Gasteiger partial charge < -0.3 is 9.80 Å². The van der Waals surface area contributed by atoms with Crippen LogP contribution in [0.2, 0.25) is 5.02 Å². The highest BCUT2D eigenvalue weighted by Gasteiger charge is 2.38. The van der Waals surface area contributed by atoms with Crippen LogP contribution in [0.15, 0.2) is 29.8 Å². The molecule has 2 amide bonds. The normalized spacial score (nSPS) is 18.2. The maximum Gasteiger partial charge on any atom is 0.282 e. The van der Waals surface area contributed by atoms with Crippen LogP contribution in [-0.2, 0) is 0 Å². The first kappa shape index (κ1) is 18.9. The first-order valence-corrected chi connectivity index (χ1v) is 11.4. The second-order valence-electron chi connectivity index (χ2n) is 7.16. The highest BCUT2D eigenvalue weighted by atomic mass is 35.5. The maximum atomic E-state index is 12.7. The summed E-state index contributed by atoms with van der Waals surface area (Å²) < 4.78 is 0.968. The third kappa shape index (κ3) is 3.63. The molecule has 1 aromatic carbocycles. The van der Waals surface area contributed by atoms with Crippen LogP contribution in [0.5, 0.6) is 0 Å². The number of halogens is 1. The summed E-state index contributed by atoms with van der Waals surface area (Å²) in [7, 11) is 0. The van der Waals surface area contributed by atoms with E-state index < -0.39 is 0 Å². The molecular formula is C19H18ClN5O2S2. The predicted molar refractivity (Wildman–Crippen MR) is 114 cm³/mol. The Morgan fingerprint density at radius 1 is 1.03 bits per heavy atom. The fraction of sp³-hybridized carbons (Fsp3) is 0.368. The van der Waals surface area contributed by atoms with Crippen LogP contribution in [0.25, 0.3) is 10.2 Å². The van der Waals surface area contributed by atoms with Gasteiger partial charge in [-0.05, 0) is 18.2 Å². The van der Waals surface area contributed by atoms with Crippen molar-refractivity contribution < 1.29 is 9.59 Å². The smallest absolute Gasteiger partial charge is 0.282 e. The number of nitrogens with zero attached hydrogens (tertiary/aromatic N) is 5. The zero-order valence-corrected chi connectivity index (χ0v) is 17.8. The Kier molecular flexibility index (Phi) is 4.99. The third-order valence-electron chi connectivity index (χ3n) is 5.42. The summed E-state index contributed by atoms with van der Waals surface area (Å²) in [5.41, 5.74) is 0.768. The molecule has 2 aliphatic heterocycles. The van der Waals surface area contributed by atoms with Crippen molar-refractivity contribution in [1.29, 1.82) is 0 Å². The molecule has 2 aromatic heterocycles. The first-order chi connectivity index (χ1) is 14.1. The van der Waals surface area contributed by atoms with Gasteiger partial charge in [0.25, 0.3) is 11.8 Å². The fourth-order valence-corrected chi connectivity index (χ4v) is 5.42. The molecule has 0 bridgehead atoms. The summed E-state index contributed by atoms with van der Waals surface area (Å²) in [6.07, 6.45) is 1.66. The number of carbonyl (C=O) groups excluding carboxylic acids is 2. The Morgan fingerprint density at radius 2 is 1.79 bits per heavy atom. The van der Waals surface area contributed by atoms with Crippen molar-refractivity contribution in [3.63, 3.8) is 0 Å². The SMILES string of the molecule is O=C(c1nccs1)N1CCN(C2CN(C(=O)c3nc4cc(Cl)ccc4s3)C2)CC1. The highest BCUT2D eigenvalue weighted by molar-refractivity contribution is 7.20. The molecule has 0 N–H and O–H groups in total. The molecule has 2 fully saturated rings. The standard InChI is InChI=1S/C19H18ClN5O2S2/c20-12-1-2-15-14(9-12)22-17(29-15)19(27)25-10-13(11-25)23-4-6-24(7-5-23)18(26)16-21-3-8-28-16/h1-3,8-9,13H,4-7,10-11H2. The van der Waals surface area contributed by atoms with Crippen LogP contribution in [0.3, 0.4) is 0 Å². The number of piperazine rings is 1. The minimum absolute atomic E-state index is 0.0148. The van der Waals surface area contributed by atoms with Gasteiger partial charge in [0.15, 0.2) is 10.0 Å². The van der Waals surface area contributed by atoms with E-state index in [-0.39, 0.29) is 11.8 Å². The monoisotopic (exact) mass is 447 g/mol. The first-order valence-electron chi connectivity index (χ1n) is 9.36. The van der Waals surface area contributed by atoms with E-state index in [4.69, 9.17) is 11.6 Å². The maximum absolute atomic E-state index is 12.7. The van der Waals surface area contributed by atoms with Crippen molar-refractivity contribution in [3.8, 4) is 0 Å². The molecule has 0 unspecified atom stereocenters. The van der Waals surface area contributed by atoms with Crippen molar-refractivity contribution >= 4 is 56.3 Å². The molecule has 2 saturated heterocycles. The molecule has 0 spiro atoms. The van der Waals surface area contributed by atoms with E-state index >= 15 is 0 Å². The lowest BCUT2D eigenvalue weighted by atomic mass is 10.1. The lowest BCUT2D eigenvalue weighted by Crippen LogP contribution is -2.64. The molecule has 2 aliphatic rings. The van der Waals surface area contributed by atoms with E-state index in [0.29, 0.717) is 47.3 Å². The molecule has 4 heterocycles. The number of hydrogen-bond donors (Lipinski definition) is 0. The molecule has 7 nitrogen and oxygen atoms in total. The van der Waals surface area contributed by atoms with E-state index in [9.17, 15) is 9.59 Å². The van der Waals surface area contributed by atoms with Crippen LogP contribution in [-0.4, -0.2) is 81.8 Å². The van der Waals surface area contributed by atoms with Gasteiger partial charge in [-0.2, -0.15) is 0 Å². The Bertz CT molecular complexity index is 1060. The predicted octanol–water partition coefficient (Wildman–Crippen LogP) is 2.69. The Morgan fingerprint density at radius 3 is 2.52 bits per heavy atom. The van der Waals surface area contributed by atoms with E-state index in [0.717, 1.165) is 23.3 Å². The van der Waals surface area contributed by atoms with Gasteiger partial charge in [0.1, 0.15) is 0 Å². The van der Waals surface area contributed by atoms with Crippen molar-refractivity contribution in [2.75, 3.05) is 39.3 Å². The largest absolute Gasteiger partial charge is 0.334 e. The number of thiazole rings is 2. The topological polar surface area (TPSA) is 69.6 Å². The number of rotatable bonds is 3. The summed E-state index contributed by atoms with van der Waals surface area (Å²) in [4.78, 5) is 39.8. The van der Waals surface area contributed by atoms with E-state index in [1.165, 1.54) is 22.7 Å². The lowest BCUT2D eigenvalue weighted by Gasteiger charge is -2.47. The molecule has 0 radical (unpaired) electrons. The minimum Gasteiger partial charge on any atom is -0.334 e. The summed E-state index contributed by atoms with van der Waals surface area (Å²) in [6.45, 7) is 4.45. The Hall–Kier alpha value is -2.07. The zero-order chi connectivity index (χ0) is 20.0. The molecule has 29 heavy (non-hydrogen) atoms. The van der Waals surface area contributed by atoms with Crippen molar-refractivity contribution in [1.82, 2.24) is 24.7 Å². The lowest BCUT2D eigenvalue weighted by molar-refractivity contribution is 0.00853. The zero-order valence-electron chi connectivity index (χ0n) is 15.5. The number of aromatic nitrogens is 2. The molecule has 0 atom stereocenters. The quantitative estimate of drug-likeness (QED) is 0.617. The van der Waals surface area contributed by atoms with Crippen LogP contribution < -0.4 is 0 Å². The van der Waals surface area contributed by atoms with Gasteiger partial charge in [0.05, 0.1) is 10.2 Å².